The number of hydrogen-bond donors (Lipinski definition) is 2. The minimum atomic E-state index is -0.253. The molecule has 6 heteroatoms. The van der Waals surface area contributed by atoms with Gasteiger partial charge in [0.05, 0.1) is 17.2 Å². The predicted molar refractivity (Wildman–Crippen MR) is 103 cm³/mol. The minimum Gasteiger partial charge on any atom is -0.493 e. The van der Waals surface area contributed by atoms with Gasteiger partial charge >= 0.3 is 0 Å². The van der Waals surface area contributed by atoms with Gasteiger partial charge in [0.25, 0.3) is 5.91 Å². The van der Waals surface area contributed by atoms with E-state index in [4.69, 9.17) is 16.3 Å². The van der Waals surface area contributed by atoms with Crippen LogP contribution in [-0.4, -0.2) is 31.5 Å². The van der Waals surface area contributed by atoms with Gasteiger partial charge in [0.15, 0.2) is 0 Å². The SMILES string of the molecule is Cc1ccccc1OCCCC(=O)NCCNC(=O)c1ccccc1Cl. The molecule has 0 aromatic heterocycles. The number of para-hydroxylation sites is 1. The van der Waals surface area contributed by atoms with Crippen LogP contribution in [0, 0.1) is 6.92 Å². The number of amides is 2. The van der Waals surface area contributed by atoms with Crippen LogP contribution in [-0.2, 0) is 4.79 Å². The van der Waals surface area contributed by atoms with E-state index in [1.54, 1.807) is 24.3 Å². The normalized spacial score (nSPS) is 10.2. The number of aryl methyl sites for hydroxylation is 1. The first-order valence-corrected chi connectivity index (χ1v) is 8.93. The molecule has 0 saturated carbocycles. The summed E-state index contributed by atoms with van der Waals surface area (Å²) in [5.41, 5.74) is 1.50. The van der Waals surface area contributed by atoms with E-state index in [1.165, 1.54) is 0 Å². The number of halogens is 1. The smallest absolute Gasteiger partial charge is 0.252 e. The van der Waals surface area contributed by atoms with Crippen molar-refractivity contribution in [3.05, 3.63) is 64.7 Å². The van der Waals surface area contributed by atoms with Crippen LogP contribution in [0.1, 0.15) is 28.8 Å². The predicted octanol–water partition coefficient (Wildman–Crippen LogP) is 3.35. The molecule has 0 spiro atoms. The van der Waals surface area contributed by atoms with Crippen LogP contribution < -0.4 is 15.4 Å². The lowest BCUT2D eigenvalue weighted by Gasteiger charge is -2.09. The zero-order chi connectivity index (χ0) is 18.8. The molecular weight excluding hydrogens is 352 g/mol. The molecule has 26 heavy (non-hydrogen) atoms. The second kappa shape index (κ2) is 10.5. The van der Waals surface area contributed by atoms with E-state index >= 15 is 0 Å². The first-order valence-electron chi connectivity index (χ1n) is 8.56. The molecular formula is C20H23ClN2O3. The van der Waals surface area contributed by atoms with E-state index in [0.717, 1.165) is 11.3 Å². The average molecular weight is 375 g/mol. The van der Waals surface area contributed by atoms with E-state index in [1.807, 2.05) is 31.2 Å². The van der Waals surface area contributed by atoms with E-state index in [2.05, 4.69) is 10.6 Å². The molecule has 0 unspecified atom stereocenters. The molecule has 0 radical (unpaired) electrons. The van der Waals surface area contributed by atoms with Crippen molar-refractivity contribution in [2.24, 2.45) is 0 Å². The maximum absolute atomic E-state index is 12.0. The van der Waals surface area contributed by atoms with Crippen molar-refractivity contribution in [2.75, 3.05) is 19.7 Å². The number of carbonyl (C=O) groups excluding carboxylic acids is 2. The molecule has 0 atom stereocenters. The molecule has 0 aliphatic rings. The first-order chi connectivity index (χ1) is 12.6. The molecule has 0 fully saturated rings. The van der Waals surface area contributed by atoms with Crippen LogP contribution in [0.4, 0.5) is 0 Å². The molecule has 0 aliphatic carbocycles. The van der Waals surface area contributed by atoms with Crippen LogP contribution in [0.3, 0.4) is 0 Å². The lowest BCUT2D eigenvalue weighted by Crippen LogP contribution is -2.34. The fraction of sp³-hybridized carbons (Fsp3) is 0.300. The Kier molecular flexibility index (Phi) is 7.96. The highest BCUT2D eigenvalue weighted by atomic mass is 35.5. The van der Waals surface area contributed by atoms with Crippen LogP contribution in [0.5, 0.6) is 5.75 Å². The summed E-state index contributed by atoms with van der Waals surface area (Å²) >= 11 is 5.96. The number of ether oxygens (including phenoxy) is 1. The number of rotatable bonds is 9. The van der Waals surface area contributed by atoms with Crippen LogP contribution in [0.2, 0.25) is 5.02 Å². The Hall–Kier alpha value is -2.53. The zero-order valence-electron chi connectivity index (χ0n) is 14.8. The standard InChI is InChI=1S/C20H23ClN2O3/c1-15-7-2-5-10-18(15)26-14-6-11-19(24)22-12-13-23-20(25)16-8-3-4-9-17(16)21/h2-5,7-10H,6,11-14H2,1H3,(H,22,24)(H,23,25). The van der Waals surface area contributed by atoms with Gasteiger partial charge in [-0.15, -0.1) is 0 Å². The van der Waals surface area contributed by atoms with Gasteiger partial charge in [-0.1, -0.05) is 41.9 Å². The highest BCUT2D eigenvalue weighted by Crippen LogP contribution is 2.16. The maximum Gasteiger partial charge on any atom is 0.252 e. The van der Waals surface area contributed by atoms with E-state index in [9.17, 15) is 9.59 Å². The van der Waals surface area contributed by atoms with Crippen molar-refractivity contribution in [3.63, 3.8) is 0 Å². The molecule has 2 N–H and O–H groups in total. The summed E-state index contributed by atoms with van der Waals surface area (Å²) < 4.78 is 5.65. The van der Waals surface area contributed by atoms with Crippen LogP contribution in [0.25, 0.3) is 0 Å². The van der Waals surface area contributed by atoms with Crippen molar-refractivity contribution < 1.29 is 14.3 Å². The van der Waals surface area contributed by atoms with Crippen molar-refractivity contribution in [3.8, 4) is 5.75 Å². The zero-order valence-corrected chi connectivity index (χ0v) is 15.5. The third-order valence-corrected chi connectivity index (χ3v) is 4.08. The Balaban J connectivity index is 1.57. The minimum absolute atomic E-state index is 0.0645. The highest BCUT2D eigenvalue weighted by Gasteiger charge is 2.08. The average Bonchev–Trinajstić information content (AvgIpc) is 2.64. The van der Waals surface area contributed by atoms with Crippen molar-refractivity contribution >= 4 is 23.4 Å². The monoisotopic (exact) mass is 374 g/mol. The fourth-order valence-electron chi connectivity index (χ4n) is 2.34. The topological polar surface area (TPSA) is 67.4 Å². The lowest BCUT2D eigenvalue weighted by molar-refractivity contribution is -0.121. The molecule has 5 nitrogen and oxygen atoms in total. The summed E-state index contributed by atoms with van der Waals surface area (Å²) in [6, 6.07) is 14.6. The molecule has 2 aromatic carbocycles. The van der Waals surface area contributed by atoms with Gasteiger partial charge in [0.1, 0.15) is 5.75 Å². The summed E-state index contributed by atoms with van der Waals surface area (Å²) in [7, 11) is 0. The summed E-state index contributed by atoms with van der Waals surface area (Å²) in [6.07, 6.45) is 1.01. The van der Waals surface area contributed by atoms with Gasteiger partial charge in [-0.3, -0.25) is 9.59 Å². The van der Waals surface area contributed by atoms with Gasteiger partial charge in [-0.25, -0.2) is 0 Å². The Morgan fingerprint density at radius 1 is 1.00 bits per heavy atom. The molecule has 2 amide bonds. The Bertz CT molecular complexity index is 749. The second-order valence-electron chi connectivity index (χ2n) is 5.80. The first kappa shape index (κ1) is 19.8. The Morgan fingerprint density at radius 3 is 2.46 bits per heavy atom. The quantitative estimate of drug-likeness (QED) is 0.661. The fourth-order valence-corrected chi connectivity index (χ4v) is 2.56. The molecule has 0 heterocycles. The van der Waals surface area contributed by atoms with Crippen LogP contribution >= 0.6 is 11.6 Å². The van der Waals surface area contributed by atoms with Crippen molar-refractivity contribution in [2.45, 2.75) is 19.8 Å². The summed E-state index contributed by atoms with van der Waals surface area (Å²) in [5.74, 6) is 0.525. The number of hydrogen-bond acceptors (Lipinski definition) is 3. The Morgan fingerprint density at radius 2 is 1.69 bits per heavy atom. The second-order valence-corrected chi connectivity index (χ2v) is 6.21. The Labute approximate surface area is 158 Å². The third kappa shape index (κ3) is 6.41. The van der Waals surface area contributed by atoms with Gasteiger partial charge in [0.2, 0.25) is 5.91 Å². The molecule has 0 bridgehead atoms. The summed E-state index contributed by atoms with van der Waals surface area (Å²) in [4.78, 5) is 23.7. The molecule has 0 saturated heterocycles. The maximum atomic E-state index is 12.0. The highest BCUT2D eigenvalue weighted by molar-refractivity contribution is 6.33. The number of nitrogens with one attached hydrogen (secondary N) is 2. The van der Waals surface area contributed by atoms with Crippen LogP contribution in [0.15, 0.2) is 48.5 Å². The number of carbonyl (C=O) groups is 2. The van der Waals surface area contributed by atoms with E-state index < -0.39 is 0 Å². The van der Waals surface area contributed by atoms with Crippen molar-refractivity contribution in [1.82, 2.24) is 10.6 Å². The summed E-state index contributed by atoms with van der Waals surface area (Å²) in [6.45, 7) is 3.18. The van der Waals surface area contributed by atoms with E-state index in [-0.39, 0.29) is 11.8 Å². The van der Waals surface area contributed by atoms with Crippen molar-refractivity contribution in [1.29, 1.82) is 0 Å². The van der Waals surface area contributed by atoms with Gasteiger partial charge < -0.3 is 15.4 Å². The molecule has 138 valence electrons. The lowest BCUT2D eigenvalue weighted by atomic mass is 10.2. The van der Waals surface area contributed by atoms with Gasteiger partial charge in [0, 0.05) is 19.5 Å². The number of benzene rings is 2. The van der Waals surface area contributed by atoms with E-state index in [0.29, 0.717) is 43.1 Å². The third-order valence-electron chi connectivity index (χ3n) is 3.75. The van der Waals surface area contributed by atoms with Gasteiger partial charge in [-0.05, 0) is 37.1 Å². The molecule has 0 aliphatic heterocycles. The van der Waals surface area contributed by atoms with Gasteiger partial charge in [-0.2, -0.15) is 0 Å². The summed E-state index contributed by atoms with van der Waals surface area (Å²) in [5, 5.41) is 5.90. The molecule has 2 aromatic rings. The molecule has 2 rings (SSSR count). The largest absolute Gasteiger partial charge is 0.493 e.